The van der Waals surface area contributed by atoms with E-state index < -0.39 is 0 Å². The fraction of sp³-hybridized carbons (Fsp3) is 0.375. The normalized spacial score (nSPS) is 13.9. The van der Waals surface area contributed by atoms with E-state index in [2.05, 4.69) is 41.0 Å². The minimum atomic E-state index is 0.310. The number of nitrogens with zero attached hydrogens (tertiary/aromatic N) is 2. The Balaban J connectivity index is 1.84. The summed E-state index contributed by atoms with van der Waals surface area (Å²) < 4.78 is 0. The van der Waals surface area contributed by atoms with Gasteiger partial charge in [-0.3, -0.25) is 0 Å². The number of pyridine rings is 1. The monoisotopic (exact) mass is 317 g/mol. The zero-order valence-corrected chi connectivity index (χ0v) is 13.6. The highest BCUT2D eigenvalue weighted by molar-refractivity contribution is 7.09. The molecule has 2 aromatic heterocycles. The number of nitrogens with one attached hydrogen (secondary N) is 1. The molecule has 3 nitrogen and oxygen atoms in total. The molecule has 0 atom stereocenters. The minimum absolute atomic E-state index is 0.310. The van der Waals surface area contributed by atoms with Crippen LogP contribution in [-0.2, 0) is 0 Å². The first-order chi connectivity index (χ1) is 10.1. The van der Waals surface area contributed by atoms with Gasteiger partial charge in [0.1, 0.15) is 10.8 Å². The molecule has 21 heavy (non-hydrogen) atoms. The fourth-order valence-electron chi connectivity index (χ4n) is 1.95. The molecule has 0 saturated heterocycles. The van der Waals surface area contributed by atoms with Crippen molar-refractivity contribution >= 4 is 28.6 Å². The molecular weight excluding hydrogens is 302 g/mol. The van der Waals surface area contributed by atoms with Crippen LogP contribution in [-0.4, -0.2) is 16.0 Å². The zero-order valence-electron chi connectivity index (χ0n) is 12.0. The predicted octanol–water partition coefficient (Wildman–Crippen LogP) is 4.29. The zero-order chi connectivity index (χ0) is 14.8. The van der Waals surface area contributed by atoms with E-state index in [-0.39, 0.29) is 0 Å². The van der Waals surface area contributed by atoms with E-state index in [1.165, 1.54) is 17.8 Å². The molecule has 0 bridgehead atoms. The lowest BCUT2D eigenvalue weighted by molar-refractivity contribution is 0.898. The summed E-state index contributed by atoms with van der Waals surface area (Å²) >= 11 is 7.66. The molecule has 3 rings (SSSR count). The van der Waals surface area contributed by atoms with Crippen molar-refractivity contribution in [3.05, 3.63) is 39.1 Å². The lowest BCUT2D eigenvalue weighted by atomic mass is 10.2. The van der Waals surface area contributed by atoms with Gasteiger partial charge in [0.2, 0.25) is 0 Å². The van der Waals surface area contributed by atoms with Gasteiger partial charge in [-0.05, 0) is 38.7 Å². The van der Waals surface area contributed by atoms with Crippen molar-refractivity contribution in [2.24, 2.45) is 0 Å². The van der Waals surface area contributed by atoms with Crippen LogP contribution in [0.25, 0.3) is 0 Å². The highest BCUT2D eigenvalue weighted by Gasteiger charge is 2.26. The maximum absolute atomic E-state index is 5.95. The molecule has 1 fully saturated rings. The number of hydrogen-bond acceptors (Lipinski definition) is 4. The van der Waals surface area contributed by atoms with Gasteiger partial charge in [-0.2, -0.15) is 0 Å². The lowest BCUT2D eigenvalue weighted by Crippen LogP contribution is -2.11. The van der Waals surface area contributed by atoms with Crippen LogP contribution in [0.3, 0.4) is 0 Å². The van der Waals surface area contributed by atoms with Crippen molar-refractivity contribution in [2.75, 3.05) is 5.32 Å². The first-order valence-corrected chi connectivity index (χ1v) is 8.27. The highest BCUT2D eigenvalue weighted by Crippen LogP contribution is 2.41. The van der Waals surface area contributed by atoms with Crippen molar-refractivity contribution < 1.29 is 0 Å². The van der Waals surface area contributed by atoms with Crippen LogP contribution < -0.4 is 5.32 Å². The van der Waals surface area contributed by atoms with Gasteiger partial charge in [0, 0.05) is 23.5 Å². The topological polar surface area (TPSA) is 37.8 Å². The average Bonchev–Trinajstić information content (AvgIpc) is 3.17. The molecular formula is C16H16ClN3S. The summed E-state index contributed by atoms with van der Waals surface area (Å²) in [5.74, 6) is 6.95. The second-order valence-electron chi connectivity index (χ2n) is 5.45. The van der Waals surface area contributed by atoms with E-state index in [0.29, 0.717) is 17.1 Å². The molecule has 1 saturated carbocycles. The van der Waals surface area contributed by atoms with Crippen LogP contribution in [0.1, 0.15) is 48.9 Å². The van der Waals surface area contributed by atoms with Gasteiger partial charge in [-0.15, -0.1) is 11.3 Å². The second-order valence-corrected chi connectivity index (χ2v) is 6.72. The molecule has 0 spiro atoms. The summed E-state index contributed by atoms with van der Waals surface area (Å²) in [6.07, 6.45) is 4.24. The number of aromatic nitrogens is 2. The van der Waals surface area contributed by atoms with E-state index in [4.69, 9.17) is 11.6 Å². The number of hydrogen-bond donors (Lipinski definition) is 1. The van der Waals surface area contributed by atoms with Gasteiger partial charge >= 0.3 is 0 Å². The first kappa shape index (κ1) is 14.4. The Labute approximate surface area is 133 Å². The summed E-state index contributed by atoms with van der Waals surface area (Å²) in [5.41, 5.74) is 2.59. The maximum atomic E-state index is 5.95. The highest BCUT2D eigenvalue weighted by atomic mass is 35.5. The van der Waals surface area contributed by atoms with E-state index in [9.17, 15) is 0 Å². The third kappa shape index (κ3) is 3.75. The Hall–Kier alpha value is -1.57. The Morgan fingerprint density at radius 2 is 2.19 bits per heavy atom. The number of rotatable bonds is 3. The van der Waals surface area contributed by atoms with Gasteiger partial charge in [-0.25, -0.2) is 9.97 Å². The van der Waals surface area contributed by atoms with Crippen molar-refractivity contribution in [3.8, 4) is 11.8 Å². The number of halogens is 1. The van der Waals surface area contributed by atoms with Crippen molar-refractivity contribution in [3.63, 3.8) is 0 Å². The molecule has 1 N–H and O–H groups in total. The van der Waals surface area contributed by atoms with Crippen molar-refractivity contribution in [1.82, 2.24) is 9.97 Å². The molecule has 0 unspecified atom stereocenters. The van der Waals surface area contributed by atoms with Crippen molar-refractivity contribution in [1.29, 1.82) is 0 Å². The fourth-order valence-corrected chi connectivity index (χ4v) is 3.04. The number of anilines is 1. The van der Waals surface area contributed by atoms with Crippen LogP contribution in [0.15, 0.2) is 17.6 Å². The van der Waals surface area contributed by atoms with E-state index in [1.807, 2.05) is 11.4 Å². The van der Waals surface area contributed by atoms with Gasteiger partial charge < -0.3 is 5.32 Å². The molecule has 108 valence electrons. The molecule has 0 amide bonds. The molecule has 1 aliphatic carbocycles. The Kier molecular flexibility index (Phi) is 4.14. The quantitative estimate of drug-likeness (QED) is 0.678. The molecule has 2 heterocycles. The summed E-state index contributed by atoms with van der Waals surface area (Å²) in [4.78, 5) is 8.68. The Bertz CT molecular complexity index is 708. The van der Waals surface area contributed by atoms with Crippen LogP contribution >= 0.6 is 22.9 Å². The Morgan fingerprint density at radius 3 is 2.90 bits per heavy atom. The van der Waals surface area contributed by atoms with Gasteiger partial charge in [0.15, 0.2) is 0 Å². The molecule has 5 heteroatoms. The third-order valence-corrected chi connectivity index (χ3v) is 4.30. The van der Waals surface area contributed by atoms with Crippen LogP contribution in [0, 0.1) is 11.8 Å². The van der Waals surface area contributed by atoms with E-state index in [0.717, 1.165) is 16.9 Å². The third-order valence-electron chi connectivity index (χ3n) is 3.09. The predicted molar refractivity (Wildman–Crippen MR) is 88.1 cm³/mol. The first-order valence-electron chi connectivity index (χ1n) is 7.01. The largest absolute Gasteiger partial charge is 0.382 e. The van der Waals surface area contributed by atoms with Gasteiger partial charge in [-0.1, -0.05) is 17.5 Å². The SMILES string of the molecule is CC(C)Nc1cc(Cl)ncc1C#Cc1csc(C2CC2)n1. The van der Waals surface area contributed by atoms with Crippen LogP contribution in [0.5, 0.6) is 0 Å². The average molecular weight is 318 g/mol. The molecule has 0 aliphatic heterocycles. The summed E-state index contributed by atoms with van der Waals surface area (Å²) in [7, 11) is 0. The van der Waals surface area contributed by atoms with Gasteiger partial charge in [0.25, 0.3) is 0 Å². The van der Waals surface area contributed by atoms with Crippen LogP contribution in [0.4, 0.5) is 5.69 Å². The van der Waals surface area contributed by atoms with Crippen LogP contribution in [0.2, 0.25) is 5.15 Å². The molecule has 1 aliphatic rings. The smallest absolute Gasteiger partial charge is 0.131 e. The molecule has 0 radical (unpaired) electrons. The van der Waals surface area contributed by atoms with Crippen molar-refractivity contribution in [2.45, 2.75) is 38.6 Å². The Morgan fingerprint density at radius 1 is 1.38 bits per heavy atom. The summed E-state index contributed by atoms with van der Waals surface area (Å²) in [5, 5.41) is 7.05. The van der Waals surface area contributed by atoms with E-state index in [1.54, 1.807) is 17.5 Å². The van der Waals surface area contributed by atoms with Gasteiger partial charge in [0.05, 0.1) is 16.3 Å². The number of thiazole rings is 1. The lowest BCUT2D eigenvalue weighted by Gasteiger charge is -2.11. The minimum Gasteiger partial charge on any atom is -0.382 e. The summed E-state index contributed by atoms with van der Waals surface area (Å²) in [6.45, 7) is 4.15. The van der Waals surface area contributed by atoms with E-state index >= 15 is 0 Å². The standard InChI is InChI=1S/C16H16ClN3S/c1-10(2)19-14-7-15(17)18-8-12(14)5-6-13-9-21-16(20-13)11-3-4-11/h7-11H,3-4H2,1-2H3,(H,18,19). The second kappa shape index (κ2) is 6.05. The molecule has 0 aromatic carbocycles. The molecule has 2 aromatic rings. The maximum Gasteiger partial charge on any atom is 0.131 e. The summed E-state index contributed by atoms with van der Waals surface area (Å²) in [6, 6.07) is 2.12.